The largest absolute Gasteiger partial charge is 0.492 e. The summed E-state index contributed by atoms with van der Waals surface area (Å²) < 4.78 is 48.8. The van der Waals surface area contributed by atoms with Gasteiger partial charge >= 0.3 is 12.2 Å². The molecule has 3 aliphatic heterocycles. The van der Waals surface area contributed by atoms with Crippen LogP contribution in [0.5, 0.6) is 11.8 Å². The standard InChI is InChI=1S/C27H32F3N7O3.C4H8O/c1-37-14-4-2-3-13-31-23(38)20-7-9-21(10-8-20)33-25-34-24(35-26(36-25)40-18-27(28,29)30)32-17-19-5-11-22(12-6-19)39-16-15-37;1-4(2)3-5/h5-12H,2-4,13-18H2,1H3,(H,31,38)(H2,32,33,34,35,36);3-4H,1-2H3. The van der Waals surface area contributed by atoms with Gasteiger partial charge in [0.05, 0.1) is 0 Å². The number of aromatic nitrogens is 3. The van der Waals surface area contributed by atoms with Gasteiger partial charge in [0.1, 0.15) is 18.6 Å². The Morgan fingerprint density at radius 1 is 0.956 bits per heavy atom. The topological polar surface area (TPSA) is 131 Å². The molecular formula is C31H40F3N7O4. The number of nitrogens with zero attached hydrogens (tertiary/aromatic N) is 4. The van der Waals surface area contributed by atoms with Crippen LogP contribution in [0.3, 0.4) is 0 Å². The van der Waals surface area contributed by atoms with Gasteiger partial charge in [-0.3, -0.25) is 4.79 Å². The van der Waals surface area contributed by atoms with Crippen LogP contribution >= 0.6 is 0 Å². The Morgan fingerprint density at radius 2 is 1.64 bits per heavy atom. The van der Waals surface area contributed by atoms with E-state index in [0.29, 0.717) is 30.9 Å². The number of carbonyl (C=O) groups excluding carboxylic acids is 2. The summed E-state index contributed by atoms with van der Waals surface area (Å²) in [6, 6.07) is 13.6. The second kappa shape index (κ2) is 17.7. The van der Waals surface area contributed by atoms with E-state index in [-0.39, 0.29) is 23.7 Å². The predicted octanol–water partition coefficient (Wildman–Crippen LogP) is 5.23. The molecule has 244 valence electrons. The van der Waals surface area contributed by atoms with Crippen LogP contribution in [0.4, 0.5) is 30.8 Å². The molecule has 1 amide bonds. The first-order valence-electron chi connectivity index (χ1n) is 14.7. The minimum Gasteiger partial charge on any atom is -0.492 e. The van der Waals surface area contributed by atoms with Crippen molar-refractivity contribution in [2.24, 2.45) is 5.92 Å². The molecule has 45 heavy (non-hydrogen) atoms. The summed E-state index contributed by atoms with van der Waals surface area (Å²) in [4.78, 5) is 36.4. The predicted molar refractivity (Wildman–Crippen MR) is 165 cm³/mol. The van der Waals surface area contributed by atoms with E-state index in [1.807, 2.05) is 38.1 Å². The zero-order chi connectivity index (χ0) is 32.7. The Hall–Kier alpha value is -4.46. The highest BCUT2D eigenvalue weighted by Gasteiger charge is 2.29. The summed E-state index contributed by atoms with van der Waals surface area (Å²) in [7, 11) is 2.05. The summed E-state index contributed by atoms with van der Waals surface area (Å²) in [5, 5.41) is 8.84. The molecule has 6 rings (SSSR count). The van der Waals surface area contributed by atoms with E-state index in [1.54, 1.807) is 24.3 Å². The normalized spacial score (nSPS) is 15.2. The number of likely N-dealkylation sites (N-methyl/N-ethyl adjacent to an activating group) is 1. The molecule has 0 fully saturated rings. The van der Waals surface area contributed by atoms with E-state index >= 15 is 0 Å². The average molecular weight is 632 g/mol. The Kier molecular flexibility index (Phi) is 13.8. The van der Waals surface area contributed by atoms with Crippen LogP contribution in [0.25, 0.3) is 0 Å². The third-order valence-corrected chi connectivity index (χ3v) is 6.27. The number of benzene rings is 2. The van der Waals surface area contributed by atoms with Gasteiger partial charge in [0.15, 0.2) is 6.61 Å². The Bertz CT molecular complexity index is 1340. The van der Waals surface area contributed by atoms with Crippen LogP contribution in [-0.4, -0.2) is 78.1 Å². The molecule has 0 spiro atoms. The third-order valence-electron chi connectivity index (χ3n) is 6.27. The van der Waals surface area contributed by atoms with E-state index in [4.69, 9.17) is 9.47 Å². The Morgan fingerprint density at radius 3 is 2.31 bits per heavy atom. The number of aldehydes is 1. The number of hydrogen-bond acceptors (Lipinski definition) is 10. The number of anilines is 3. The maximum Gasteiger partial charge on any atom is 0.422 e. The highest BCUT2D eigenvalue weighted by molar-refractivity contribution is 5.94. The summed E-state index contributed by atoms with van der Waals surface area (Å²) in [6.07, 6.45) is -0.751. The van der Waals surface area contributed by atoms with Gasteiger partial charge in [-0.15, -0.1) is 0 Å². The van der Waals surface area contributed by atoms with Crippen molar-refractivity contribution >= 4 is 29.8 Å². The van der Waals surface area contributed by atoms with Gasteiger partial charge in [0, 0.05) is 36.8 Å². The molecule has 0 unspecified atom stereocenters. The number of nitrogens with one attached hydrogen (secondary N) is 3. The number of halogens is 3. The number of alkyl halides is 3. The quantitative estimate of drug-likeness (QED) is 0.330. The van der Waals surface area contributed by atoms with E-state index in [0.717, 1.165) is 50.0 Å². The van der Waals surface area contributed by atoms with Gasteiger partial charge in [-0.25, -0.2) is 0 Å². The van der Waals surface area contributed by atoms with Crippen LogP contribution in [0.2, 0.25) is 0 Å². The maximum absolute atomic E-state index is 12.7. The molecule has 0 saturated heterocycles. The van der Waals surface area contributed by atoms with Gasteiger partial charge in [-0.1, -0.05) is 32.4 Å². The minimum atomic E-state index is -4.55. The highest BCUT2D eigenvalue weighted by Crippen LogP contribution is 2.21. The molecule has 2 aromatic carbocycles. The lowest BCUT2D eigenvalue weighted by molar-refractivity contribution is -0.154. The Balaban J connectivity index is 0.00000102. The van der Waals surface area contributed by atoms with Crippen LogP contribution in [-0.2, 0) is 11.3 Å². The lowest BCUT2D eigenvalue weighted by Crippen LogP contribution is -2.26. The molecule has 3 aliphatic rings. The van der Waals surface area contributed by atoms with Crippen molar-refractivity contribution in [3.8, 4) is 11.8 Å². The van der Waals surface area contributed by atoms with Crippen LogP contribution in [0.1, 0.15) is 49.0 Å². The van der Waals surface area contributed by atoms with Crippen molar-refractivity contribution in [2.45, 2.75) is 45.8 Å². The number of hydrogen-bond donors (Lipinski definition) is 3. The molecule has 0 radical (unpaired) electrons. The van der Waals surface area contributed by atoms with Gasteiger partial charge in [0.2, 0.25) is 11.9 Å². The SMILES string of the molecule is CC(C)C=O.CN1CCCCCNC(=O)c2ccc(cc2)Nc2nc(nc(OCC(F)(F)F)n2)NCc2ccc(cc2)OCC1. The molecule has 0 saturated carbocycles. The number of fused-ring (bicyclic) bond motifs is 2. The molecular weight excluding hydrogens is 591 g/mol. The highest BCUT2D eigenvalue weighted by atomic mass is 19.4. The van der Waals surface area contributed by atoms with Crippen molar-refractivity contribution in [1.29, 1.82) is 0 Å². The molecule has 3 N–H and O–H groups in total. The molecule has 3 aromatic rings. The monoisotopic (exact) mass is 631 g/mol. The number of carbonyl (C=O) groups is 2. The third kappa shape index (κ3) is 13.8. The molecule has 0 atom stereocenters. The smallest absolute Gasteiger partial charge is 0.422 e. The van der Waals surface area contributed by atoms with Crippen molar-refractivity contribution in [3.63, 3.8) is 0 Å². The van der Waals surface area contributed by atoms with E-state index in [1.165, 1.54) is 0 Å². The van der Waals surface area contributed by atoms with Crippen LogP contribution in [0, 0.1) is 5.92 Å². The van der Waals surface area contributed by atoms with Crippen molar-refractivity contribution in [1.82, 2.24) is 25.2 Å². The summed E-state index contributed by atoms with van der Waals surface area (Å²) in [5.41, 5.74) is 1.89. The van der Waals surface area contributed by atoms with Gasteiger partial charge < -0.3 is 35.1 Å². The molecule has 11 nitrogen and oxygen atoms in total. The zero-order valence-electron chi connectivity index (χ0n) is 25.7. The van der Waals surface area contributed by atoms with Crippen molar-refractivity contribution in [3.05, 3.63) is 59.7 Å². The lowest BCUT2D eigenvalue weighted by Gasteiger charge is -2.17. The second-order valence-electron chi connectivity index (χ2n) is 10.7. The van der Waals surface area contributed by atoms with Crippen LogP contribution in [0.15, 0.2) is 48.5 Å². The fourth-order valence-corrected chi connectivity index (χ4v) is 3.84. The lowest BCUT2D eigenvalue weighted by atomic mass is 10.2. The molecule has 1 aromatic heterocycles. The fraction of sp³-hybridized carbons (Fsp3) is 0.452. The van der Waals surface area contributed by atoms with Crippen LogP contribution < -0.4 is 25.4 Å². The Labute approximate surface area is 260 Å². The summed E-state index contributed by atoms with van der Waals surface area (Å²) in [5.74, 6) is 0.757. The number of amides is 1. The molecule has 6 bridgehead atoms. The second-order valence-corrected chi connectivity index (χ2v) is 10.7. The first kappa shape index (κ1) is 35.0. The zero-order valence-corrected chi connectivity index (χ0v) is 25.7. The van der Waals surface area contributed by atoms with E-state index in [9.17, 15) is 22.8 Å². The van der Waals surface area contributed by atoms with Gasteiger partial charge in [-0.05, 0) is 68.4 Å². The van der Waals surface area contributed by atoms with E-state index in [2.05, 4.69) is 42.8 Å². The van der Waals surface area contributed by atoms with Crippen molar-refractivity contribution in [2.75, 3.05) is 50.5 Å². The first-order chi connectivity index (χ1) is 21.5. The van der Waals surface area contributed by atoms with Crippen molar-refractivity contribution < 1.29 is 32.2 Å². The number of ether oxygens (including phenoxy) is 2. The summed E-state index contributed by atoms with van der Waals surface area (Å²) >= 11 is 0. The fourth-order valence-electron chi connectivity index (χ4n) is 3.84. The first-order valence-corrected chi connectivity index (χ1v) is 14.7. The summed E-state index contributed by atoms with van der Waals surface area (Å²) in [6.45, 7) is 5.31. The molecule has 14 heteroatoms. The maximum atomic E-state index is 12.7. The minimum absolute atomic E-state index is 0.0221. The average Bonchev–Trinajstić information content (AvgIpc) is 3.01. The molecule has 4 heterocycles. The number of rotatable bonds is 3. The molecule has 0 aliphatic carbocycles. The van der Waals surface area contributed by atoms with E-state index < -0.39 is 18.8 Å². The van der Waals surface area contributed by atoms with Gasteiger partial charge in [-0.2, -0.15) is 28.1 Å². The van der Waals surface area contributed by atoms with Gasteiger partial charge in [0.25, 0.3) is 5.91 Å².